The molecule has 126 valence electrons. The van der Waals surface area contributed by atoms with E-state index < -0.39 is 11.2 Å². The van der Waals surface area contributed by atoms with Crippen LogP contribution in [-0.4, -0.2) is 23.6 Å². The van der Waals surface area contributed by atoms with Crippen LogP contribution in [0.1, 0.15) is 44.5 Å². The van der Waals surface area contributed by atoms with E-state index >= 15 is 0 Å². The van der Waals surface area contributed by atoms with Crippen LogP contribution < -0.4 is 4.74 Å². The van der Waals surface area contributed by atoms with Crippen molar-refractivity contribution in [1.29, 1.82) is 0 Å². The number of nitro benzene ring substituents is 1. The molecule has 1 fully saturated rings. The standard InChI is InChI=1S/C17H23NO5/c1-5-15-11(3)10(2)12(4)17(22-15)23-16-7-6-13(9-19)8-14(16)18(20)21/h6-12,15,17H,5H2,1-4H3. The van der Waals surface area contributed by atoms with Gasteiger partial charge in [0.2, 0.25) is 6.29 Å². The molecule has 1 aliphatic heterocycles. The molecule has 0 aromatic heterocycles. The lowest BCUT2D eigenvalue weighted by Gasteiger charge is -2.43. The molecule has 1 aromatic carbocycles. The van der Waals surface area contributed by atoms with Gasteiger partial charge in [-0.2, -0.15) is 0 Å². The van der Waals surface area contributed by atoms with Gasteiger partial charge in [-0.05, 0) is 30.4 Å². The zero-order valence-electron chi connectivity index (χ0n) is 13.9. The molecule has 6 nitrogen and oxygen atoms in total. The molecule has 1 saturated heterocycles. The number of aldehydes is 1. The van der Waals surface area contributed by atoms with Crippen molar-refractivity contribution in [2.75, 3.05) is 0 Å². The SMILES string of the molecule is CCC1OC(Oc2ccc(C=O)cc2[N+](=O)[O-])C(C)C(C)C1C. The second-order valence-electron chi connectivity index (χ2n) is 6.25. The maximum absolute atomic E-state index is 11.2. The van der Waals surface area contributed by atoms with Gasteiger partial charge in [0.25, 0.3) is 0 Å². The summed E-state index contributed by atoms with van der Waals surface area (Å²) in [7, 11) is 0. The molecule has 0 aliphatic carbocycles. The highest BCUT2D eigenvalue weighted by Gasteiger charge is 2.40. The molecular formula is C17H23NO5. The Morgan fingerprint density at radius 1 is 1.26 bits per heavy atom. The number of benzene rings is 1. The smallest absolute Gasteiger partial charge is 0.311 e. The number of hydrogen-bond acceptors (Lipinski definition) is 5. The Balaban J connectivity index is 2.27. The molecule has 0 spiro atoms. The molecule has 1 aromatic rings. The summed E-state index contributed by atoms with van der Waals surface area (Å²) in [5.74, 6) is 1.03. The largest absolute Gasteiger partial charge is 0.457 e. The van der Waals surface area contributed by atoms with Crippen LogP contribution in [0.2, 0.25) is 0 Å². The van der Waals surface area contributed by atoms with Crippen molar-refractivity contribution in [2.45, 2.75) is 46.5 Å². The topological polar surface area (TPSA) is 78.7 Å². The fraction of sp³-hybridized carbons (Fsp3) is 0.588. The average molecular weight is 321 g/mol. The fourth-order valence-corrected chi connectivity index (χ4v) is 3.06. The lowest BCUT2D eigenvalue weighted by Crippen LogP contribution is -2.47. The highest BCUT2D eigenvalue weighted by Crippen LogP contribution is 2.38. The van der Waals surface area contributed by atoms with Gasteiger partial charge in [0, 0.05) is 17.5 Å². The molecule has 1 heterocycles. The summed E-state index contributed by atoms with van der Waals surface area (Å²) in [5.41, 5.74) is 0.0276. The summed E-state index contributed by atoms with van der Waals surface area (Å²) < 4.78 is 11.8. The number of ether oxygens (including phenoxy) is 2. The Labute approximate surface area is 135 Å². The van der Waals surface area contributed by atoms with Crippen LogP contribution in [0.5, 0.6) is 5.75 Å². The summed E-state index contributed by atoms with van der Waals surface area (Å²) in [6, 6.07) is 4.19. The van der Waals surface area contributed by atoms with Crippen LogP contribution >= 0.6 is 0 Å². The van der Waals surface area contributed by atoms with E-state index in [2.05, 4.69) is 20.8 Å². The Morgan fingerprint density at radius 2 is 1.96 bits per heavy atom. The average Bonchev–Trinajstić information content (AvgIpc) is 2.55. The maximum Gasteiger partial charge on any atom is 0.311 e. The number of nitro groups is 1. The van der Waals surface area contributed by atoms with Gasteiger partial charge in [-0.15, -0.1) is 0 Å². The molecular weight excluding hydrogens is 298 g/mol. The molecule has 0 bridgehead atoms. The second-order valence-corrected chi connectivity index (χ2v) is 6.25. The van der Waals surface area contributed by atoms with Crippen molar-refractivity contribution >= 4 is 12.0 Å². The third-order valence-electron chi connectivity index (χ3n) is 4.94. The van der Waals surface area contributed by atoms with Crippen LogP contribution in [0.15, 0.2) is 18.2 Å². The van der Waals surface area contributed by atoms with Crippen molar-refractivity contribution < 1.29 is 19.2 Å². The van der Waals surface area contributed by atoms with E-state index in [-0.39, 0.29) is 29.0 Å². The summed E-state index contributed by atoms with van der Waals surface area (Å²) in [5, 5.41) is 11.2. The summed E-state index contributed by atoms with van der Waals surface area (Å²) in [6.07, 6.45) is 0.976. The predicted octanol–water partition coefficient (Wildman–Crippen LogP) is 3.83. The van der Waals surface area contributed by atoms with Gasteiger partial charge < -0.3 is 9.47 Å². The highest BCUT2D eigenvalue weighted by atomic mass is 16.7. The molecule has 0 saturated carbocycles. The molecule has 6 heteroatoms. The van der Waals surface area contributed by atoms with Gasteiger partial charge in [0.15, 0.2) is 5.75 Å². The number of carbonyl (C=O) groups excluding carboxylic acids is 1. The Kier molecular flexibility index (Phi) is 5.36. The molecule has 23 heavy (non-hydrogen) atoms. The molecule has 0 N–H and O–H groups in total. The summed E-state index contributed by atoms with van der Waals surface area (Å²) >= 11 is 0. The fourth-order valence-electron chi connectivity index (χ4n) is 3.06. The van der Waals surface area contributed by atoms with Gasteiger partial charge in [-0.3, -0.25) is 14.9 Å². The summed E-state index contributed by atoms with van der Waals surface area (Å²) in [4.78, 5) is 21.5. The van der Waals surface area contributed by atoms with E-state index in [1.807, 2.05) is 6.92 Å². The minimum Gasteiger partial charge on any atom is -0.457 e. The van der Waals surface area contributed by atoms with E-state index in [0.29, 0.717) is 18.1 Å². The second kappa shape index (κ2) is 7.08. The van der Waals surface area contributed by atoms with Gasteiger partial charge >= 0.3 is 5.69 Å². The third kappa shape index (κ3) is 3.52. The number of hydrogen-bond donors (Lipinski definition) is 0. The first kappa shape index (κ1) is 17.4. The Hall–Kier alpha value is -1.95. The lowest BCUT2D eigenvalue weighted by atomic mass is 9.78. The third-order valence-corrected chi connectivity index (χ3v) is 4.94. The minimum absolute atomic E-state index is 0.0690. The first-order chi connectivity index (χ1) is 10.9. The quantitative estimate of drug-likeness (QED) is 0.468. The molecule has 0 amide bonds. The maximum atomic E-state index is 11.2. The molecule has 5 atom stereocenters. The van der Waals surface area contributed by atoms with Crippen LogP contribution in [0, 0.1) is 27.9 Å². The first-order valence-corrected chi connectivity index (χ1v) is 7.94. The first-order valence-electron chi connectivity index (χ1n) is 7.94. The van der Waals surface area contributed by atoms with Crippen molar-refractivity contribution in [3.63, 3.8) is 0 Å². The van der Waals surface area contributed by atoms with Crippen LogP contribution in [0.4, 0.5) is 5.69 Å². The van der Waals surface area contributed by atoms with E-state index in [0.717, 1.165) is 6.42 Å². The van der Waals surface area contributed by atoms with Crippen molar-refractivity contribution in [1.82, 2.24) is 0 Å². The summed E-state index contributed by atoms with van der Waals surface area (Å²) in [6.45, 7) is 8.40. The van der Waals surface area contributed by atoms with Crippen LogP contribution in [-0.2, 0) is 4.74 Å². The van der Waals surface area contributed by atoms with Gasteiger partial charge in [-0.1, -0.05) is 27.7 Å². The molecule has 0 radical (unpaired) electrons. The van der Waals surface area contributed by atoms with E-state index in [9.17, 15) is 14.9 Å². The number of nitrogens with zero attached hydrogens (tertiary/aromatic N) is 1. The highest BCUT2D eigenvalue weighted by molar-refractivity contribution is 5.77. The van der Waals surface area contributed by atoms with Crippen molar-refractivity contribution in [2.24, 2.45) is 17.8 Å². The molecule has 2 rings (SSSR count). The Bertz CT molecular complexity index is 586. The minimum atomic E-state index is -0.542. The van der Waals surface area contributed by atoms with Crippen LogP contribution in [0.25, 0.3) is 0 Å². The van der Waals surface area contributed by atoms with Crippen molar-refractivity contribution in [3.8, 4) is 5.75 Å². The number of rotatable bonds is 5. The zero-order chi connectivity index (χ0) is 17.1. The molecule has 5 unspecified atom stereocenters. The van der Waals surface area contributed by atoms with Crippen molar-refractivity contribution in [3.05, 3.63) is 33.9 Å². The Morgan fingerprint density at radius 3 is 2.52 bits per heavy atom. The van der Waals surface area contributed by atoms with E-state index in [1.54, 1.807) is 0 Å². The number of carbonyl (C=O) groups is 1. The van der Waals surface area contributed by atoms with E-state index in [4.69, 9.17) is 9.47 Å². The lowest BCUT2D eigenvalue weighted by molar-refractivity contribution is -0.386. The van der Waals surface area contributed by atoms with E-state index in [1.165, 1.54) is 18.2 Å². The monoisotopic (exact) mass is 321 g/mol. The van der Waals surface area contributed by atoms with Crippen LogP contribution in [0.3, 0.4) is 0 Å². The van der Waals surface area contributed by atoms with Gasteiger partial charge in [0.1, 0.15) is 6.29 Å². The normalized spacial score (nSPS) is 30.7. The van der Waals surface area contributed by atoms with Gasteiger partial charge in [-0.25, -0.2) is 0 Å². The molecule has 1 aliphatic rings. The van der Waals surface area contributed by atoms with Gasteiger partial charge in [0.05, 0.1) is 11.0 Å². The zero-order valence-corrected chi connectivity index (χ0v) is 13.9. The predicted molar refractivity (Wildman–Crippen MR) is 85.6 cm³/mol.